The normalized spacial score (nSPS) is 27.6. The Balaban J connectivity index is 1.71. The van der Waals surface area contributed by atoms with E-state index in [0.29, 0.717) is 11.8 Å². The highest BCUT2D eigenvalue weighted by atomic mass is 16.5. The van der Waals surface area contributed by atoms with Crippen molar-refractivity contribution in [1.29, 1.82) is 0 Å². The molecule has 2 fully saturated rings. The van der Waals surface area contributed by atoms with Gasteiger partial charge in [-0.3, -0.25) is 0 Å². The van der Waals surface area contributed by atoms with Crippen LogP contribution in [0.25, 0.3) is 0 Å². The van der Waals surface area contributed by atoms with Gasteiger partial charge in [0.2, 0.25) is 0 Å². The molecule has 109 valence electrons. The first kappa shape index (κ1) is 13.9. The van der Waals surface area contributed by atoms with Gasteiger partial charge in [-0.15, -0.1) is 0 Å². The summed E-state index contributed by atoms with van der Waals surface area (Å²) in [4.78, 5) is 2.39. The lowest BCUT2D eigenvalue weighted by molar-refractivity contribution is 0.122. The van der Waals surface area contributed by atoms with E-state index in [9.17, 15) is 0 Å². The maximum atomic E-state index is 5.90. The van der Waals surface area contributed by atoms with Crippen molar-refractivity contribution in [3.05, 3.63) is 36.2 Å². The number of nitrogens with one attached hydrogen (secondary N) is 1. The van der Waals surface area contributed by atoms with Crippen molar-refractivity contribution in [2.75, 3.05) is 50.8 Å². The first-order valence-corrected chi connectivity index (χ1v) is 7.55. The fourth-order valence-electron chi connectivity index (χ4n) is 3.17. The maximum Gasteiger partial charge on any atom is 0.0642 e. The molecule has 0 aliphatic carbocycles. The number of morpholine rings is 1. The largest absolute Gasteiger partial charge is 0.378 e. The van der Waals surface area contributed by atoms with Crippen LogP contribution in [0.1, 0.15) is 11.5 Å². The molecule has 3 N–H and O–H groups in total. The lowest BCUT2D eigenvalue weighted by atomic mass is 9.81. The molecular formula is C16H24N3O. The molecule has 0 bridgehead atoms. The van der Waals surface area contributed by atoms with Crippen molar-refractivity contribution < 1.29 is 4.74 Å². The summed E-state index contributed by atoms with van der Waals surface area (Å²) in [5, 5.41) is 3.44. The summed E-state index contributed by atoms with van der Waals surface area (Å²) in [6.07, 6.45) is 2.31. The number of ether oxygens (including phenoxy) is 1. The van der Waals surface area contributed by atoms with Crippen LogP contribution in [0.3, 0.4) is 0 Å². The predicted octanol–water partition coefficient (Wildman–Crippen LogP) is 0.989. The van der Waals surface area contributed by atoms with Crippen molar-refractivity contribution >= 4 is 5.69 Å². The zero-order chi connectivity index (χ0) is 13.8. The molecule has 2 aliphatic rings. The van der Waals surface area contributed by atoms with E-state index in [0.717, 1.165) is 45.9 Å². The molecule has 2 heterocycles. The Morgan fingerprint density at radius 2 is 1.95 bits per heavy atom. The molecule has 20 heavy (non-hydrogen) atoms. The molecule has 1 aromatic carbocycles. The van der Waals surface area contributed by atoms with Crippen LogP contribution in [0.15, 0.2) is 24.3 Å². The van der Waals surface area contributed by atoms with Crippen LogP contribution in [0.5, 0.6) is 0 Å². The minimum atomic E-state index is 0.491. The Morgan fingerprint density at radius 3 is 2.65 bits per heavy atom. The van der Waals surface area contributed by atoms with Crippen LogP contribution in [0, 0.1) is 12.3 Å². The zero-order valence-corrected chi connectivity index (χ0v) is 11.9. The Labute approximate surface area is 121 Å². The second kappa shape index (κ2) is 6.57. The third-order valence-corrected chi connectivity index (χ3v) is 4.42. The lowest BCUT2D eigenvalue weighted by Crippen LogP contribution is -2.39. The number of hydrogen-bond acceptors (Lipinski definition) is 4. The molecular weight excluding hydrogens is 250 g/mol. The molecule has 2 unspecified atom stereocenters. The van der Waals surface area contributed by atoms with E-state index in [2.05, 4.69) is 40.9 Å². The quantitative estimate of drug-likeness (QED) is 0.863. The molecule has 1 radical (unpaired) electrons. The Kier molecular flexibility index (Phi) is 4.55. The molecule has 2 atom stereocenters. The molecule has 0 saturated carbocycles. The zero-order valence-electron chi connectivity index (χ0n) is 11.9. The minimum absolute atomic E-state index is 0.491. The van der Waals surface area contributed by atoms with E-state index < -0.39 is 0 Å². The van der Waals surface area contributed by atoms with Crippen LogP contribution in [-0.2, 0) is 4.74 Å². The Bertz CT molecular complexity index is 414. The van der Waals surface area contributed by atoms with Crippen molar-refractivity contribution in [3.8, 4) is 0 Å². The first-order valence-electron chi connectivity index (χ1n) is 7.55. The summed E-state index contributed by atoms with van der Waals surface area (Å²) in [5.74, 6) is 0.998. The van der Waals surface area contributed by atoms with Gasteiger partial charge in [0.15, 0.2) is 0 Å². The van der Waals surface area contributed by atoms with Gasteiger partial charge in [-0.05, 0) is 43.1 Å². The third kappa shape index (κ3) is 2.97. The number of nitrogens with two attached hydrogens (primary N) is 1. The molecule has 0 amide bonds. The van der Waals surface area contributed by atoms with Gasteiger partial charge >= 0.3 is 0 Å². The maximum absolute atomic E-state index is 5.90. The highest BCUT2D eigenvalue weighted by Gasteiger charge is 2.25. The molecule has 4 heteroatoms. The number of piperidine rings is 1. The van der Waals surface area contributed by atoms with Crippen molar-refractivity contribution in [1.82, 2.24) is 5.32 Å². The second-order valence-corrected chi connectivity index (χ2v) is 5.59. The smallest absolute Gasteiger partial charge is 0.0642 e. The van der Waals surface area contributed by atoms with Crippen LogP contribution in [0.4, 0.5) is 5.69 Å². The van der Waals surface area contributed by atoms with Gasteiger partial charge < -0.3 is 20.7 Å². The SMILES string of the molecule is NCC1[CH]CNCC1c1ccc(N2CCOCC2)cc1. The fourth-order valence-corrected chi connectivity index (χ4v) is 3.17. The lowest BCUT2D eigenvalue weighted by Gasteiger charge is -2.32. The molecule has 4 nitrogen and oxygen atoms in total. The van der Waals surface area contributed by atoms with Crippen LogP contribution < -0.4 is 16.0 Å². The predicted molar refractivity (Wildman–Crippen MR) is 81.9 cm³/mol. The van der Waals surface area contributed by atoms with Gasteiger partial charge in [0.1, 0.15) is 0 Å². The molecule has 1 aromatic rings. The minimum Gasteiger partial charge on any atom is -0.378 e. The molecule has 2 aliphatic heterocycles. The van der Waals surface area contributed by atoms with Gasteiger partial charge in [0.05, 0.1) is 13.2 Å². The van der Waals surface area contributed by atoms with Gasteiger partial charge in [0.25, 0.3) is 0 Å². The molecule has 0 spiro atoms. The number of nitrogens with zero attached hydrogens (tertiary/aromatic N) is 1. The standard InChI is InChI=1S/C16H24N3O/c17-11-14-5-6-18-12-16(14)13-1-3-15(4-2-13)19-7-9-20-10-8-19/h1-5,14,16,18H,6-12,17H2. The highest BCUT2D eigenvalue weighted by Crippen LogP contribution is 2.29. The topological polar surface area (TPSA) is 50.5 Å². The highest BCUT2D eigenvalue weighted by molar-refractivity contribution is 5.48. The van der Waals surface area contributed by atoms with Gasteiger partial charge in [-0.1, -0.05) is 12.1 Å². The summed E-state index contributed by atoms with van der Waals surface area (Å²) in [7, 11) is 0. The van der Waals surface area contributed by atoms with E-state index in [4.69, 9.17) is 10.5 Å². The summed E-state index contributed by atoms with van der Waals surface area (Å²) in [6.45, 7) is 6.38. The third-order valence-electron chi connectivity index (χ3n) is 4.42. The number of anilines is 1. The van der Waals surface area contributed by atoms with Gasteiger partial charge in [-0.25, -0.2) is 0 Å². The molecule has 0 aromatic heterocycles. The Morgan fingerprint density at radius 1 is 1.20 bits per heavy atom. The van der Waals surface area contributed by atoms with Crippen molar-refractivity contribution in [2.45, 2.75) is 5.92 Å². The molecule has 3 rings (SSSR count). The van der Waals surface area contributed by atoms with E-state index >= 15 is 0 Å². The molecule has 2 saturated heterocycles. The van der Waals surface area contributed by atoms with Crippen LogP contribution in [0.2, 0.25) is 0 Å². The van der Waals surface area contributed by atoms with Crippen LogP contribution >= 0.6 is 0 Å². The second-order valence-electron chi connectivity index (χ2n) is 5.59. The average Bonchev–Trinajstić information content (AvgIpc) is 2.56. The van der Waals surface area contributed by atoms with E-state index in [1.165, 1.54) is 11.3 Å². The summed E-state index contributed by atoms with van der Waals surface area (Å²) < 4.78 is 5.40. The van der Waals surface area contributed by atoms with E-state index in [1.807, 2.05) is 0 Å². The monoisotopic (exact) mass is 274 g/mol. The van der Waals surface area contributed by atoms with E-state index in [1.54, 1.807) is 0 Å². The summed E-state index contributed by atoms with van der Waals surface area (Å²) in [5.41, 5.74) is 8.59. The number of hydrogen-bond donors (Lipinski definition) is 2. The average molecular weight is 274 g/mol. The Hall–Kier alpha value is -1.10. The van der Waals surface area contributed by atoms with Crippen molar-refractivity contribution in [2.24, 2.45) is 11.7 Å². The number of rotatable bonds is 3. The van der Waals surface area contributed by atoms with Gasteiger partial charge in [0, 0.05) is 31.2 Å². The summed E-state index contributed by atoms with van der Waals surface area (Å²) >= 11 is 0. The van der Waals surface area contributed by atoms with Crippen LogP contribution in [-0.4, -0.2) is 45.9 Å². The van der Waals surface area contributed by atoms with E-state index in [-0.39, 0.29) is 0 Å². The van der Waals surface area contributed by atoms with Gasteiger partial charge in [-0.2, -0.15) is 0 Å². The number of benzene rings is 1. The first-order chi connectivity index (χ1) is 9.88. The fraction of sp³-hybridized carbons (Fsp3) is 0.562. The summed E-state index contributed by atoms with van der Waals surface area (Å²) in [6, 6.07) is 9.00. The van der Waals surface area contributed by atoms with Crippen molar-refractivity contribution in [3.63, 3.8) is 0 Å².